The van der Waals surface area contributed by atoms with Crippen LogP contribution in [0.4, 0.5) is 0 Å². The van der Waals surface area contributed by atoms with Gasteiger partial charge in [-0.2, -0.15) is 0 Å². The Kier molecular flexibility index (Phi) is 5.12. The van der Waals surface area contributed by atoms with Crippen molar-refractivity contribution in [2.75, 3.05) is 19.7 Å². The first-order chi connectivity index (χ1) is 9.58. The zero-order valence-electron chi connectivity index (χ0n) is 12.4. The molecule has 2 heterocycles. The number of aromatic nitrogens is 1. The van der Waals surface area contributed by atoms with Crippen LogP contribution in [0.3, 0.4) is 0 Å². The summed E-state index contributed by atoms with van der Waals surface area (Å²) in [5.41, 5.74) is 6.54. The summed E-state index contributed by atoms with van der Waals surface area (Å²) in [4.78, 5) is 19.7. The van der Waals surface area contributed by atoms with Crippen LogP contribution in [0.5, 0.6) is 0 Å². The second-order valence-electron chi connectivity index (χ2n) is 5.09. The van der Waals surface area contributed by atoms with E-state index in [4.69, 9.17) is 10.5 Å². The fourth-order valence-electron chi connectivity index (χ4n) is 2.59. The molecule has 0 spiro atoms. The first kappa shape index (κ1) is 15.4. The minimum Gasteiger partial charge on any atom is -0.372 e. The third kappa shape index (κ3) is 3.02. The molecule has 1 aromatic rings. The molecule has 0 unspecified atom stereocenters. The molecule has 2 rings (SSSR count). The maximum atomic E-state index is 12.6. The molecule has 1 aromatic heterocycles. The Balaban J connectivity index is 2.18. The maximum Gasteiger partial charge on any atom is 0.266 e. The molecular weight excluding hydrogens is 274 g/mol. The van der Waals surface area contributed by atoms with Gasteiger partial charge in [0.25, 0.3) is 5.91 Å². The molecule has 1 saturated heterocycles. The average Bonchev–Trinajstić information content (AvgIpc) is 3.04. The van der Waals surface area contributed by atoms with Gasteiger partial charge in [-0.15, -0.1) is 11.3 Å². The molecule has 2 N–H and O–H groups in total. The van der Waals surface area contributed by atoms with Crippen LogP contribution in [0.25, 0.3) is 0 Å². The zero-order valence-corrected chi connectivity index (χ0v) is 13.2. The zero-order chi connectivity index (χ0) is 14.7. The summed E-state index contributed by atoms with van der Waals surface area (Å²) in [6, 6.07) is 0.178. The summed E-state index contributed by atoms with van der Waals surface area (Å²) in [6.07, 6.45) is 1.98. The molecule has 112 valence electrons. The summed E-state index contributed by atoms with van der Waals surface area (Å²) in [6.45, 7) is 7.79. The highest BCUT2D eigenvalue weighted by Gasteiger charge is 2.31. The molecule has 0 aromatic carbocycles. The Morgan fingerprint density at radius 2 is 2.40 bits per heavy atom. The molecule has 0 bridgehead atoms. The average molecular weight is 297 g/mol. The minimum absolute atomic E-state index is 0.0610. The van der Waals surface area contributed by atoms with Crippen LogP contribution in [-0.4, -0.2) is 41.5 Å². The van der Waals surface area contributed by atoms with Crippen molar-refractivity contribution in [3.8, 4) is 0 Å². The Morgan fingerprint density at radius 3 is 3.05 bits per heavy atom. The van der Waals surface area contributed by atoms with Gasteiger partial charge in [0.05, 0.1) is 5.69 Å². The maximum absolute atomic E-state index is 12.6. The van der Waals surface area contributed by atoms with Gasteiger partial charge in [-0.3, -0.25) is 4.79 Å². The number of nitrogens with zero attached hydrogens (tertiary/aromatic N) is 2. The van der Waals surface area contributed by atoms with E-state index in [1.165, 1.54) is 11.3 Å². The van der Waals surface area contributed by atoms with Crippen molar-refractivity contribution in [2.24, 2.45) is 5.73 Å². The largest absolute Gasteiger partial charge is 0.372 e. The molecule has 5 nitrogen and oxygen atoms in total. The second kappa shape index (κ2) is 6.65. The van der Waals surface area contributed by atoms with Gasteiger partial charge in [0.1, 0.15) is 16.0 Å². The lowest BCUT2D eigenvalue weighted by molar-refractivity contribution is 0.0744. The number of carbonyl (C=O) groups is 1. The molecule has 6 heteroatoms. The number of amides is 1. The summed E-state index contributed by atoms with van der Waals surface area (Å²) >= 11 is 1.45. The number of nitrogens with two attached hydrogens (primary N) is 1. The lowest BCUT2D eigenvalue weighted by Gasteiger charge is -2.22. The fraction of sp³-hybridized carbons (Fsp3) is 0.714. The molecule has 1 fully saturated rings. The van der Waals surface area contributed by atoms with E-state index in [-0.39, 0.29) is 18.1 Å². The van der Waals surface area contributed by atoms with Crippen LogP contribution in [0.1, 0.15) is 53.2 Å². The quantitative estimate of drug-likeness (QED) is 0.904. The number of hydrogen-bond acceptors (Lipinski definition) is 5. The van der Waals surface area contributed by atoms with E-state index in [1.54, 1.807) is 0 Å². The van der Waals surface area contributed by atoms with E-state index in [0.29, 0.717) is 13.2 Å². The number of ether oxygens (including phenoxy) is 1. The van der Waals surface area contributed by atoms with Crippen molar-refractivity contribution in [2.45, 2.75) is 45.8 Å². The number of hydrogen-bond donors (Lipinski definition) is 1. The van der Waals surface area contributed by atoms with Crippen molar-refractivity contribution in [1.29, 1.82) is 0 Å². The van der Waals surface area contributed by atoms with Gasteiger partial charge in [-0.1, -0.05) is 0 Å². The number of thiazole rings is 1. The van der Waals surface area contributed by atoms with Gasteiger partial charge in [-0.25, -0.2) is 4.98 Å². The topological polar surface area (TPSA) is 68.5 Å². The van der Waals surface area contributed by atoms with E-state index in [0.717, 1.165) is 35.0 Å². The van der Waals surface area contributed by atoms with Gasteiger partial charge >= 0.3 is 0 Å². The SMILES string of the molecule is CCO[C@@H](C)c1nc(C)c(C(=O)N2CCC[C@@H]2CN)s1. The Hall–Kier alpha value is -0.980. The highest BCUT2D eigenvalue weighted by molar-refractivity contribution is 7.13. The lowest BCUT2D eigenvalue weighted by atomic mass is 10.2. The first-order valence-corrected chi connectivity index (χ1v) is 8.00. The van der Waals surface area contributed by atoms with Gasteiger partial charge in [0, 0.05) is 25.7 Å². The van der Waals surface area contributed by atoms with Crippen LogP contribution < -0.4 is 5.73 Å². The third-order valence-electron chi connectivity index (χ3n) is 3.68. The number of rotatable bonds is 5. The van der Waals surface area contributed by atoms with E-state index in [1.807, 2.05) is 25.7 Å². The van der Waals surface area contributed by atoms with Crippen LogP contribution in [0.2, 0.25) is 0 Å². The van der Waals surface area contributed by atoms with Gasteiger partial charge < -0.3 is 15.4 Å². The Labute approximate surface area is 124 Å². The van der Waals surface area contributed by atoms with Crippen molar-refractivity contribution in [1.82, 2.24) is 9.88 Å². The molecule has 2 atom stereocenters. The van der Waals surface area contributed by atoms with Crippen molar-refractivity contribution in [3.63, 3.8) is 0 Å². The van der Waals surface area contributed by atoms with Gasteiger partial charge in [0.2, 0.25) is 0 Å². The summed E-state index contributed by atoms with van der Waals surface area (Å²) in [5, 5.41) is 0.871. The van der Waals surface area contributed by atoms with E-state index < -0.39 is 0 Å². The van der Waals surface area contributed by atoms with Crippen LogP contribution in [0.15, 0.2) is 0 Å². The molecule has 0 aliphatic carbocycles. The molecular formula is C14H23N3O2S. The number of likely N-dealkylation sites (tertiary alicyclic amines) is 1. The number of carbonyl (C=O) groups excluding carboxylic acids is 1. The smallest absolute Gasteiger partial charge is 0.266 e. The Morgan fingerprint density at radius 1 is 1.65 bits per heavy atom. The molecule has 20 heavy (non-hydrogen) atoms. The molecule has 1 amide bonds. The van der Waals surface area contributed by atoms with Gasteiger partial charge in [0.15, 0.2) is 0 Å². The van der Waals surface area contributed by atoms with Crippen molar-refractivity contribution >= 4 is 17.2 Å². The van der Waals surface area contributed by atoms with E-state index in [2.05, 4.69) is 4.98 Å². The van der Waals surface area contributed by atoms with Crippen molar-refractivity contribution in [3.05, 3.63) is 15.6 Å². The molecule has 0 radical (unpaired) electrons. The molecule has 1 aliphatic rings. The normalized spacial score (nSPS) is 20.4. The minimum atomic E-state index is -0.0610. The number of aryl methyl sites for hydroxylation is 1. The van der Waals surface area contributed by atoms with Gasteiger partial charge in [-0.05, 0) is 33.6 Å². The van der Waals surface area contributed by atoms with E-state index >= 15 is 0 Å². The summed E-state index contributed by atoms with van der Waals surface area (Å²) in [5.74, 6) is 0.0721. The highest BCUT2D eigenvalue weighted by atomic mass is 32.1. The second-order valence-corrected chi connectivity index (χ2v) is 6.13. The standard InChI is InChI=1S/C14H23N3O2S/c1-4-19-10(3)13-16-9(2)12(20-13)14(18)17-7-5-6-11(17)8-15/h10-11H,4-8,15H2,1-3H3/t10-,11+/m0/s1. The monoisotopic (exact) mass is 297 g/mol. The first-order valence-electron chi connectivity index (χ1n) is 7.18. The summed E-state index contributed by atoms with van der Waals surface area (Å²) in [7, 11) is 0. The van der Waals surface area contributed by atoms with Crippen LogP contribution >= 0.6 is 11.3 Å². The summed E-state index contributed by atoms with van der Waals surface area (Å²) < 4.78 is 5.55. The van der Waals surface area contributed by atoms with E-state index in [9.17, 15) is 4.79 Å². The fourth-order valence-corrected chi connectivity index (χ4v) is 3.61. The van der Waals surface area contributed by atoms with Crippen LogP contribution in [0, 0.1) is 6.92 Å². The predicted octanol–water partition coefficient (Wildman–Crippen LogP) is 2.11. The molecule has 1 aliphatic heterocycles. The lowest BCUT2D eigenvalue weighted by Crippen LogP contribution is -2.39. The highest BCUT2D eigenvalue weighted by Crippen LogP contribution is 2.28. The Bertz CT molecular complexity index is 475. The predicted molar refractivity (Wildman–Crippen MR) is 80.0 cm³/mol. The van der Waals surface area contributed by atoms with Crippen molar-refractivity contribution < 1.29 is 9.53 Å². The third-order valence-corrected chi connectivity index (χ3v) is 4.99. The van der Waals surface area contributed by atoms with Crippen LogP contribution in [-0.2, 0) is 4.74 Å². The molecule has 0 saturated carbocycles.